The lowest BCUT2D eigenvalue weighted by Crippen LogP contribution is -2.69. The average molecular weight is 175 g/mol. The Hall–Kier alpha value is -1.61. The Labute approximate surface area is 76.7 Å². The van der Waals surface area contributed by atoms with E-state index in [4.69, 9.17) is 4.74 Å². The van der Waals surface area contributed by atoms with Gasteiger partial charge in [0, 0.05) is 0 Å². The second kappa shape index (κ2) is 3.87. The standard InChI is InChI=1S/C10H10N2O/c1-2-4-9(5-3-1)8-13-10-6-11-12-7-10/h1-7H,8H2,(H,11,12)/p+1. The van der Waals surface area contributed by atoms with Crippen LogP contribution < -0.4 is 5.43 Å². The fraction of sp³-hybridized carbons (Fsp3) is 0.100. The van der Waals surface area contributed by atoms with Gasteiger partial charge in [-0.2, -0.15) is 5.43 Å². The summed E-state index contributed by atoms with van der Waals surface area (Å²) in [5.41, 5.74) is 2.89. The first kappa shape index (κ1) is 8.01. The van der Waals surface area contributed by atoms with E-state index in [-0.39, 0.29) is 0 Å². The summed E-state index contributed by atoms with van der Waals surface area (Å²) in [7, 11) is 0. The summed E-state index contributed by atoms with van der Waals surface area (Å²) in [6, 6.07) is 10.1. The van der Waals surface area contributed by atoms with Crippen molar-refractivity contribution in [1.29, 1.82) is 0 Å². The number of rotatable bonds is 3. The Morgan fingerprint density at radius 3 is 2.77 bits per heavy atom. The van der Waals surface area contributed by atoms with Crippen LogP contribution in [0.2, 0.25) is 0 Å². The maximum absolute atomic E-state index is 5.47. The summed E-state index contributed by atoms with van der Waals surface area (Å²) in [5, 5.41) is 3.91. The van der Waals surface area contributed by atoms with Crippen LogP contribution in [0.4, 0.5) is 0 Å². The van der Waals surface area contributed by atoms with Crippen LogP contribution in [0, 0.1) is 0 Å². The summed E-state index contributed by atoms with van der Waals surface area (Å²) in [6.45, 7) is 0.604. The molecule has 1 aromatic rings. The van der Waals surface area contributed by atoms with Crippen molar-refractivity contribution in [2.45, 2.75) is 6.61 Å². The van der Waals surface area contributed by atoms with Crippen molar-refractivity contribution in [3.8, 4) is 0 Å². The molecular weight excluding hydrogens is 164 g/mol. The van der Waals surface area contributed by atoms with Crippen LogP contribution in [0.5, 0.6) is 0 Å². The molecule has 0 fully saturated rings. The summed E-state index contributed by atoms with van der Waals surface area (Å²) >= 11 is 0. The first-order valence-corrected chi connectivity index (χ1v) is 4.18. The van der Waals surface area contributed by atoms with Crippen molar-refractivity contribution in [1.82, 2.24) is 0 Å². The van der Waals surface area contributed by atoms with Crippen molar-refractivity contribution in [2.24, 2.45) is 5.10 Å². The molecule has 1 aromatic carbocycles. The third-order valence-corrected chi connectivity index (χ3v) is 1.77. The minimum Gasteiger partial charge on any atom is -0.482 e. The molecule has 0 spiro atoms. The largest absolute Gasteiger partial charge is 0.482 e. The number of nitrogens with zero attached hydrogens (tertiary/aromatic N) is 1. The average Bonchev–Trinajstić information content (AvgIpc) is 2.69. The predicted molar refractivity (Wildman–Crippen MR) is 49.7 cm³/mol. The maximum atomic E-state index is 5.47. The molecule has 0 atom stereocenters. The highest BCUT2D eigenvalue weighted by Crippen LogP contribution is 2.03. The number of allylic oxidation sites excluding steroid dienone is 1. The Morgan fingerprint density at radius 2 is 2.08 bits per heavy atom. The number of hydrogen-bond acceptors (Lipinski definition) is 2. The van der Waals surface area contributed by atoms with Crippen LogP contribution in [0.1, 0.15) is 5.56 Å². The molecule has 66 valence electrons. The Bertz CT molecular complexity index is 330. The third-order valence-electron chi connectivity index (χ3n) is 1.77. The fourth-order valence-electron chi connectivity index (χ4n) is 1.10. The molecule has 2 N–H and O–H groups in total. The molecule has 0 aliphatic carbocycles. The van der Waals surface area contributed by atoms with Gasteiger partial charge in [0.1, 0.15) is 12.8 Å². The monoisotopic (exact) mass is 175 g/mol. The Kier molecular flexibility index (Phi) is 2.38. The SMILES string of the molecule is C1=N[NH2+]C=C1OCc1ccccc1. The lowest BCUT2D eigenvalue weighted by Gasteiger charge is -2.01. The molecule has 3 nitrogen and oxygen atoms in total. The number of nitrogens with two attached hydrogens (primary N) is 1. The minimum absolute atomic E-state index is 0.604. The van der Waals surface area contributed by atoms with Gasteiger partial charge >= 0.3 is 0 Å². The number of quaternary nitrogens is 1. The van der Waals surface area contributed by atoms with Crippen molar-refractivity contribution >= 4 is 6.21 Å². The molecule has 1 heterocycles. The smallest absolute Gasteiger partial charge is 0.198 e. The van der Waals surface area contributed by atoms with Crippen LogP contribution in [-0.2, 0) is 11.3 Å². The highest BCUT2D eigenvalue weighted by atomic mass is 16.5. The van der Waals surface area contributed by atoms with Gasteiger partial charge in [0.15, 0.2) is 12.0 Å². The second-order valence-electron chi connectivity index (χ2n) is 2.77. The topological polar surface area (TPSA) is 38.2 Å². The lowest BCUT2D eigenvalue weighted by molar-refractivity contribution is -0.590. The second-order valence-corrected chi connectivity index (χ2v) is 2.77. The molecule has 0 unspecified atom stereocenters. The quantitative estimate of drug-likeness (QED) is 0.671. The molecule has 0 aromatic heterocycles. The molecule has 0 saturated carbocycles. The van der Waals surface area contributed by atoms with Gasteiger partial charge in [0.05, 0.1) is 0 Å². The highest BCUT2D eigenvalue weighted by molar-refractivity contribution is 5.75. The van der Waals surface area contributed by atoms with E-state index in [0.717, 1.165) is 5.76 Å². The molecule has 13 heavy (non-hydrogen) atoms. The van der Waals surface area contributed by atoms with Crippen molar-refractivity contribution in [3.05, 3.63) is 47.9 Å². The summed E-state index contributed by atoms with van der Waals surface area (Å²) < 4.78 is 5.47. The molecule has 3 heteroatoms. The molecule has 1 aliphatic rings. The van der Waals surface area contributed by atoms with Crippen LogP contribution in [0.25, 0.3) is 0 Å². The molecule has 0 radical (unpaired) electrons. The molecule has 1 aliphatic heterocycles. The number of benzene rings is 1. The zero-order valence-electron chi connectivity index (χ0n) is 7.18. The van der Waals surface area contributed by atoms with Crippen molar-refractivity contribution in [2.75, 3.05) is 0 Å². The number of hydrogen-bond donors (Lipinski definition) is 1. The Morgan fingerprint density at radius 1 is 1.23 bits per heavy atom. The molecule has 2 rings (SSSR count). The highest BCUT2D eigenvalue weighted by Gasteiger charge is 2.02. The van der Waals surface area contributed by atoms with Crippen LogP contribution in [0.3, 0.4) is 0 Å². The summed E-state index contributed by atoms with van der Waals surface area (Å²) in [6.07, 6.45) is 3.56. The van der Waals surface area contributed by atoms with Crippen LogP contribution in [0.15, 0.2) is 47.4 Å². The molecule has 0 amide bonds. The van der Waals surface area contributed by atoms with Crippen LogP contribution in [-0.4, -0.2) is 6.21 Å². The van der Waals surface area contributed by atoms with Crippen molar-refractivity contribution in [3.63, 3.8) is 0 Å². The van der Waals surface area contributed by atoms with Gasteiger partial charge in [-0.05, 0) is 5.56 Å². The van der Waals surface area contributed by atoms with E-state index in [1.54, 1.807) is 11.6 Å². The number of ether oxygens (including phenoxy) is 1. The van der Waals surface area contributed by atoms with Gasteiger partial charge in [-0.1, -0.05) is 35.4 Å². The van der Waals surface area contributed by atoms with Gasteiger partial charge in [-0.25, -0.2) is 0 Å². The van der Waals surface area contributed by atoms with E-state index >= 15 is 0 Å². The molecular formula is C10H11N2O+. The normalized spacial score (nSPS) is 14.3. The minimum atomic E-state index is 0.604. The summed E-state index contributed by atoms with van der Waals surface area (Å²) in [4.78, 5) is 0. The molecule has 0 saturated heterocycles. The zero-order chi connectivity index (χ0) is 8.93. The van der Waals surface area contributed by atoms with Gasteiger partial charge < -0.3 is 4.74 Å². The van der Waals surface area contributed by atoms with E-state index in [2.05, 4.69) is 5.10 Å². The molecule has 0 bridgehead atoms. The van der Waals surface area contributed by atoms with E-state index < -0.39 is 0 Å². The van der Waals surface area contributed by atoms with E-state index in [0.29, 0.717) is 6.61 Å². The Balaban J connectivity index is 1.90. The lowest BCUT2D eigenvalue weighted by atomic mass is 10.2. The van der Waals surface area contributed by atoms with E-state index in [1.165, 1.54) is 5.56 Å². The first-order valence-electron chi connectivity index (χ1n) is 4.18. The third kappa shape index (κ3) is 2.16. The van der Waals surface area contributed by atoms with Gasteiger partial charge in [0.25, 0.3) is 0 Å². The van der Waals surface area contributed by atoms with Crippen LogP contribution >= 0.6 is 0 Å². The van der Waals surface area contributed by atoms with Gasteiger partial charge in [0.2, 0.25) is 0 Å². The summed E-state index contributed by atoms with van der Waals surface area (Å²) in [5.74, 6) is 0.823. The first-order chi connectivity index (χ1) is 6.45. The van der Waals surface area contributed by atoms with Crippen molar-refractivity contribution < 1.29 is 10.2 Å². The van der Waals surface area contributed by atoms with Gasteiger partial charge in [-0.15, -0.1) is 0 Å². The maximum Gasteiger partial charge on any atom is 0.198 e. The van der Waals surface area contributed by atoms with Gasteiger partial charge in [-0.3, -0.25) is 0 Å². The van der Waals surface area contributed by atoms with E-state index in [1.807, 2.05) is 36.5 Å². The fourth-order valence-corrected chi connectivity index (χ4v) is 1.10. The predicted octanol–water partition coefficient (Wildman–Crippen LogP) is 0.607. The zero-order valence-corrected chi connectivity index (χ0v) is 7.18. The van der Waals surface area contributed by atoms with E-state index in [9.17, 15) is 0 Å².